The maximum atomic E-state index is 10.8. The Hall–Kier alpha value is -0.670. The van der Waals surface area contributed by atoms with Crippen LogP contribution in [-0.2, 0) is 0 Å². The van der Waals surface area contributed by atoms with Gasteiger partial charge in [0, 0.05) is 12.6 Å². The second kappa shape index (κ2) is 5.32. The first-order valence-corrected chi connectivity index (χ1v) is 6.13. The molecule has 2 N–H and O–H groups in total. The van der Waals surface area contributed by atoms with E-state index < -0.39 is 10.5 Å². The molecule has 0 aliphatic carbocycles. The lowest BCUT2D eigenvalue weighted by Gasteiger charge is -2.18. The van der Waals surface area contributed by atoms with E-state index in [1.54, 1.807) is 13.8 Å². The molecule has 0 unspecified atom stereocenters. The molecule has 94 valence electrons. The molecule has 0 atom stereocenters. The van der Waals surface area contributed by atoms with Crippen LogP contribution in [0.2, 0.25) is 5.15 Å². The number of nitrogens with zero attached hydrogens (tertiary/aromatic N) is 2. The van der Waals surface area contributed by atoms with Crippen molar-refractivity contribution in [2.75, 3.05) is 11.9 Å². The van der Waals surface area contributed by atoms with Gasteiger partial charge in [0.1, 0.15) is 5.15 Å². The number of rotatable bonds is 4. The van der Waals surface area contributed by atoms with E-state index in [0.717, 1.165) is 0 Å². The second-order valence-electron chi connectivity index (χ2n) is 4.05. The van der Waals surface area contributed by atoms with Gasteiger partial charge >= 0.3 is 5.69 Å². The quantitative estimate of drug-likeness (QED) is 0.367. The molecule has 0 spiro atoms. The Labute approximate surface area is 117 Å². The monoisotopic (exact) mass is 371 g/mol. The zero-order valence-electron chi connectivity index (χ0n) is 9.20. The van der Waals surface area contributed by atoms with Crippen molar-refractivity contribution in [1.29, 1.82) is 0 Å². The fraction of sp³-hybridized carbons (Fsp3) is 0.444. The van der Waals surface area contributed by atoms with Crippen LogP contribution in [0.5, 0.6) is 0 Å². The molecule has 0 amide bonds. The van der Waals surface area contributed by atoms with Crippen LogP contribution in [0.15, 0.2) is 6.07 Å². The number of halogens is 2. The van der Waals surface area contributed by atoms with Crippen LogP contribution in [0.1, 0.15) is 13.8 Å². The second-order valence-corrected chi connectivity index (χ2v) is 5.57. The Bertz CT molecular complexity index is 448. The van der Waals surface area contributed by atoms with E-state index in [9.17, 15) is 15.2 Å². The van der Waals surface area contributed by atoms with Gasteiger partial charge in [-0.1, -0.05) is 11.6 Å². The summed E-state index contributed by atoms with van der Waals surface area (Å²) in [6, 6.07) is 1.34. The zero-order chi connectivity index (χ0) is 13.2. The van der Waals surface area contributed by atoms with Crippen molar-refractivity contribution in [2.24, 2.45) is 0 Å². The van der Waals surface area contributed by atoms with Gasteiger partial charge in [0.15, 0.2) is 0 Å². The maximum Gasteiger partial charge on any atom is 0.312 e. The van der Waals surface area contributed by atoms with E-state index in [0.29, 0.717) is 3.57 Å². The Morgan fingerprint density at radius 1 is 1.71 bits per heavy atom. The van der Waals surface area contributed by atoms with Crippen LogP contribution in [0.3, 0.4) is 0 Å². The summed E-state index contributed by atoms with van der Waals surface area (Å²) in [7, 11) is 0. The van der Waals surface area contributed by atoms with Gasteiger partial charge in [-0.25, -0.2) is 4.98 Å². The van der Waals surface area contributed by atoms with Gasteiger partial charge in [0.05, 0.1) is 14.1 Å². The fourth-order valence-corrected chi connectivity index (χ4v) is 1.58. The minimum Gasteiger partial charge on any atom is -0.389 e. The summed E-state index contributed by atoms with van der Waals surface area (Å²) < 4.78 is 0.504. The lowest BCUT2D eigenvalue weighted by Crippen LogP contribution is -2.29. The highest BCUT2D eigenvalue weighted by Crippen LogP contribution is 2.28. The normalized spacial score (nSPS) is 11.4. The molecule has 1 aromatic heterocycles. The minimum absolute atomic E-state index is 0.0579. The number of hydrogen-bond acceptors (Lipinski definition) is 5. The Morgan fingerprint density at radius 3 is 2.76 bits per heavy atom. The zero-order valence-corrected chi connectivity index (χ0v) is 12.1. The molecule has 0 aliphatic heterocycles. The van der Waals surface area contributed by atoms with Crippen molar-refractivity contribution < 1.29 is 10.0 Å². The van der Waals surface area contributed by atoms with Crippen LogP contribution in [0.4, 0.5) is 11.5 Å². The number of nitrogens with one attached hydrogen (secondary N) is 1. The Morgan fingerprint density at radius 2 is 2.29 bits per heavy atom. The van der Waals surface area contributed by atoms with E-state index >= 15 is 0 Å². The number of nitro groups is 1. The summed E-state index contributed by atoms with van der Waals surface area (Å²) in [4.78, 5) is 14.2. The summed E-state index contributed by atoms with van der Waals surface area (Å²) >= 11 is 7.67. The molecule has 0 aliphatic rings. The predicted octanol–water partition coefficient (Wildman–Crippen LogP) is 2.43. The van der Waals surface area contributed by atoms with Crippen LogP contribution in [-0.4, -0.2) is 27.2 Å². The molecule has 0 radical (unpaired) electrons. The highest BCUT2D eigenvalue weighted by Gasteiger charge is 2.20. The van der Waals surface area contributed by atoms with E-state index in [1.165, 1.54) is 6.07 Å². The number of aromatic nitrogens is 1. The molecule has 0 aromatic carbocycles. The van der Waals surface area contributed by atoms with Crippen molar-refractivity contribution in [2.45, 2.75) is 19.4 Å². The molecule has 0 fully saturated rings. The first kappa shape index (κ1) is 14.4. The summed E-state index contributed by atoms with van der Waals surface area (Å²) in [5, 5.41) is 23.3. The number of hydrogen-bond donors (Lipinski definition) is 2. The summed E-state index contributed by atoms with van der Waals surface area (Å²) in [6.45, 7) is 3.30. The number of anilines is 1. The smallest absolute Gasteiger partial charge is 0.312 e. The van der Waals surface area contributed by atoms with Crippen molar-refractivity contribution in [3.8, 4) is 0 Å². The first-order valence-electron chi connectivity index (χ1n) is 4.67. The first-order chi connectivity index (χ1) is 7.70. The minimum atomic E-state index is -0.995. The van der Waals surface area contributed by atoms with Gasteiger partial charge in [-0.2, -0.15) is 0 Å². The third-order valence-corrected chi connectivity index (χ3v) is 3.23. The van der Waals surface area contributed by atoms with Gasteiger partial charge < -0.3 is 10.4 Å². The summed E-state index contributed by atoms with van der Waals surface area (Å²) in [5.74, 6) is 0.0579. The highest BCUT2D eigenvalue weighted by molar-refractivity contribution is 14.1. The van der Waals surface area contributed by atoms with Gasteiger partial charge in [-0.3, -0.25) is 10.1 Å². The molecule has 8 heteroatoms. The molecular weight excluding hydrogens is 360 g/mol. The largest absolute Gasteiger partial charge is 0.389 e. The van der Waals surface area contributed by atoms with Crippen LogP contribution in [0, 0.1) is 13.7 Å². The average Bonchev–Trinajstić information content (AvgIpc) is 2.17. The predicted molar refractivity (Wildman–Crippen MR) is 73.4 cm³/mol. The van der Waals surface area contributed by atoms with Gasteiger partial charge in [0.25, 0.3) is 0 Å². The van der Waals surface area contributed by atoms with Crippen molar-refractivity contribution in [3.63, 3.8) is 0 Å². The molecule has 1 heterocycles. The van der Waals surface area contributed by atoms with Crippen molar-refractivity contribution in [1.82, 2.24) is 4.98 Å². The van der Waals surface area contributed by atoms with Crippen molar-refractivity contribution in [3.05, 3.63) is 24.9 Å². The number of pyridine rings is 1. The van der Waals surface area contributed by atoms with E-state index in [4.69, 9.17) is 11.6 Å². The van der Waals surface area contributed by atoms with Gasteiger partial charge in [-0.15, -0.1) is 0 Å². The average molecular weight is 372 g/mol. The lowest BCUT2D eigenvalue weighted by molar-refractivity contribution is -0.384. The van der Waals surface area contributed by atoms with E-state index in [1.807, 2.05) is 22.6 Å². The van der Waals surface area contributed by atoms with E-state index in [2.05, 4.69) is 10.3 Å². The molecule has 6 nitrogen and oxygen atoms in total. The van der Waals surface area contributed by atoms with Crippen molar-refractivity contribution >= 4 is 45.7 Å². The molecule has 1 rings (SSSR count). The molecule has 0 saturated carbocycles. The lowest BCUT2D eigenvalue weighted by atomic mass is 10.1. The maximum absolute atomic E-state index is 10.8. The fourth-order valence-electron chi connectivity index (χ4n) is 1.03. The van der Waals surface area contributed by atoms with Crippen LogP contribution < -0.4 is 5.32 Å². The third kappa shape index (κ3) is 4.25. The van der Waals surface area contributed by atoms with Crippen LogP contribution >= 0.6 is 34.2 Å². The topological polar surface area (TPSA) is 88.3 Å². The highest BCUT2D eigenvalue weighted by atomic mass is 127. The SMILES string of the molecule is CC(C)(O)CNc1nc(Cl)c(I)cc1[N+](=O)[O-]. The van der Waals surface area contributed by atoms with Crippen LogP contribution in [0.25, 0.3) is 0 Å². The van der Waals surface area contributed by atoms with E-state index in [-0.39, 0.29) is 23.2 Å². The standard InChI is InChI=1S/C9H11ClIN3O3/c1-9(2,15)4-12-8-6(14(16)17)3-5(11)7(10)13-8/h3,15H,4H2,1-2H3,(H,12,13). The molecule has 1 aromatic rings. The molecule has 17 heavy (non-hydrogen) atoms. The van der Waals surface area contributed by atoms with Gasteiger partial charge in [0.2, 0.25) is 5.82 Å². The Balaban J connectivity index is 3.05. The number of aliphatic hydroxyl groups is 1. The van der Waals surface area contributed by atoms with Gasteiger partial charge in [-0.05, 0) is 36.4 Å². The molecule has 0 saturated heterocycles. The molecular formula is C9H11ClIN3O3. The molecule has 0 bridgehead atoms. The Kier molecular flexibility index (Phi) is 4.50. The summed E-state index contributed by atoms with van der Waals surface area (Å²) in [6.07, 6.45) is 0. The third-order valence-electron chi connectivity index (χ3n) is 1.80. The summed E-state index contributed by atoms with van der Waals surface area (Å²) in [5.41, 5.74) is -1.16.